The molecule has 0 heterocycles. The van der Waals surface area contributed by atoms with Crippen molar-refractivity contribution in [2.45, 2.75) is 66.2 Å². The summed E-state index contributed by atoms with van der Waals surface area (Å²) in [4.78, 5) is 0. The van der Waals surface area contributed by atoms with Gasteiger partial charge in [-0.1, -0.05) is 59.8 Å². The summed E-state index contributed by atoms with van der Waals surface area (Å²) < 4.78 is 0. The van der Waals surface area contributed by atoms with Gasteiger partial charge in [-0.05, 0) is 30.1 Å². The lowest BCUT2D eigenvalue weighted by molar-refractivity contribution is 0.252. The topological polar surface area (TPSA) is 0 Å². The molecule has 14 heavy (non-hydrogen) atoms. The largest absolute Gasteiger partial charge is 0.0625 e. The molecule has 0 saturated heterocycles. The molecule has 84 valence electrons. The molecule has 0 N–H and O–H groups in total. The van der Waals surface area contributed by atoms with Crippen molar-refractivity contribution in [3.8, 4) is 0 Å². The average molecular weight is 196 g/mol. The molecule has 1 rings (SSSR count). The number of hydrogen-bond donors (Lipinski definition) is 0. The summed E-state index contributed by atoms with van der Waals surface area (Å²) >= 11 is 0. The van der Waals surface area contributed by atoms with Gasteiger partial charge in [0.2, 0.25) is 0 Å². The lowest BCUT2D eigenvalue weighted by Gasteiger charge is -2.26. The fourth-order valence-corrected chi connectivity index (χ4v) is 2.78. The van der Waals surface area contributed by atoms with Crippen LogP contribution in [0.2, 0.25) is 0 Å². The number of hydrogen-bond acceptors (Lipinski definition) is 0. The molecule has 0 aromatic rings. The van der Waals surface area contributed by atoms with E-state index in [0.29, 0.717) is 0 Å². The van der Waals surface area contributed by atoms with Gasteiger partial charge in [0.15, 0.2) is 0 Å². The molecule has 0 spiro atoms. The maximum atomic E-state index is 2.45. The summed E-state index contributed by atoms with van der Waals surface area (Å²) in [5.41, 5.74) is 0. The second-order valence-corrected chi connectivity index (χ2v) is 5.91. The zero-order valence-electron chi connectivity index (χ0n) is 10.6. The Morgan fingerprint density at radius 2 is 1.29 bits per heavy atom. The first kappa shape index (κ1) is 12.1. The van der Waals surface area contributed by atoms with Gasteiger partial charge in [0, 0.05) is 0 Å². The summed E-state index contributed by atoms with van der Waals surface area (Å²) in [6.45, 7) is 9.78. The molecule has 4 unspecified atom stereocenters. The smallest absolute Gasteiger partial charge is 0.0414 e. The Hall–Kier alpha value is 0. The minimum Gasteiger partial charge on any atom is -0.0625 e. The van der Waals surface area contributed by atoms with Gasteiger partial charge in [-0.2, -0.15) is 0 Å². The summed E-state index contributed by atoms with van der Waals surface area (Å²) in [7, 11) is 0. The summed E-state index contributed by atoms with van der Waals surface area (Å²) in [5.74, 6) is 3.81. The van der Waals surface area contributed by atoms with Crippen LogP contribution in [-0.4, -0.2) is 0 Å². The second-order valence-electron chi connectivity index (χ2n) is 5.91. The normalized spacial score (nSPS) is 42.0. The Bertz CT molecular complexity index is 150. The van der Waals surface area contributed by atoms with Gasteiger partial charge < -0.3 is 0 Å². The molecule has 0 heteroatoms. The summed E-state index contributed by atoms with van der Waals surface area (Å²) in [6, 6.07) is 0. The van der Waals surface area contributed by atoms with Gasteiger partial charge in [0.05, 0.1) is 0 Å². The zero-order valence-corrected chi connectivity index (χ0v) is 10.6. The molecule has 0 radical (unpaired) electrons. The summed E-state index contributed by atoms with van der Waals surface area (Å²) in [6.07, 6.45) is 8.75. The predicted octanol–water partition coefficient (Wildman–Crippen LogP) is 4.89. The molecule has 1 aliphatic carbocycles. The lowest BCUT2D eigenvalue weighted by atomic mass is 9.80. The SMILES string of the molecule is CC1CCCC(C)CC(C)C(C)CC1. The Balaban J connectivity index is 2.45. The maximum absolute atomic E-state index is 2.45. The standard InChI is InChI=1S/C14H28/c1-11-6-5-7-12(2)10-14(4)13(3)9-8-11/h11-14H,5-10H2,1-4H3. The fourth-order valence-electron chi connectivity index (χ4n) is 2.78. The third-order valence-corrected chi connectivity index (χ3v) is 4.25. The first-order chi connectivity index (χ1) is 6.59. The van der Waals surface area contributed by atoms with Crippen molar-refractivity contribution in [1.29, 1.82) is 0 Å². The van der Waals surface area contributed by atoms with E-state index in [2.05, 4.69) is 27.7 Å². The van der Waals surface area contributed by atoms with Crippen LogP contribution in [0.1, 0.15) is 66.2 Å². The molecule has 0 aromatic carbocycles. The first-order valence-electron chi connectivity index (χ1n) is 6.59. The predicted molar refractivity (Wildman–Crippen MR) is 64.4 cm³/mol. The highest BCUT2D eigenvalue weighted by Gasteiger charge is 2.18. The van der Waals surface area contributed by atoms with Crippen molar-refractivity contribution in [3.63, 3.8) is 0 Å². The van der Waals surface area contributed by atoms with Crippen LogP contribution in [0.5, 0.6) is 0 Å². The van der Waals surface area contributed by atoms with Crippen molar-refractivity contribution in [3.05, 3.63) is 0 Å². The lowest BCUT2D eigenvalue weighted by Crippen LogP contribution is -2.15. The van der Waals surface area contributed by atoms with Crippen molar-refractivity contribution in [2.24, 2.45) is 23.7 Å². The molecule has 0 amide bonds. The van der Waals surface area contributed by atoms with Crippen molar-refractivity contribution >= 4 is 0 Å². The van der Waals surface area contributed by atoms with Gasteiger partial charge in [0.1, 0.15) is 0 Å². The van der Waals surface area contributed by atoms with E-state index in [1.165, 1.54) is 38.5 Å². The van der Waals surface area contributed by atoms with Gasteiger partial charge in [-0.15, -0.1) is 0 Å². The van der Waals surface area contributed by atoms with Gasteiger partial charge >= 0.3 is 0 Å². The quantitative estimate of drug-likeness (QED) is 0.518. The molecule has 0 aromatic heterocycles. The van der Waals surface area contributed by atoms with E-state index in [1.54, 1.807) is 0 Å². The van der Waals surface area contributed by atoms with Gasteiger partial charge in [-0.3, -0.25) is 0 Å². The Morgan fingerprint density at radius 1 is 0.643 bits per heavy atom. The average Bonchev–Trinajstić information content (AvgIpc) is 2.12. The molecular weight excluding hydrogens is 168 g/mol. The van der Waals surface area contributed by atoms with E-state index in [9.17, 15) is 0 Å². The highest BCUT2D eigenvalue weighted by atomic mass is 14.2. The third kappa shape index (κ3) is 4.02. The second kappa shape index (κ2) is 5.78. The highest BCUT2D eigenvalue weighted by molar-refractivity contribution is 4.69. The van der Waals surface area contributed by atoms with Gasteiger partial charge in [0.25, 0.3) is 0 Å². The first-order valence-corrected chi connectivity index (χ1v) is 6.59. The van der Waals surface area contributed by atoms with Crippen LogP contribution in [0.3, 0.4) is 0 Å². The van der Waals surface area contributed by atoms with Crippen LogP contribution >= 0.6 is 0 Å². The molecule has 0 nitrogen and oxygen atoms in total. The van der Waals surface area contributed by atoms with E-state index < -0.39 is 0 Å². The highest BCUT2D eigenvalue weighted by Crippen LogP contribution is 2.30. The van der Waals surface area contributed by atoms with E-state index >= 15 is 0 Å². The van der Waals surface area contributed by atoms with Crippen molar-refractivity contribution in [1.82, 2.24) is 0 Å². The Labute approximate surface area is 90.5 Å². The maximum Gasteiger partial charge on any atom is -0.0414 e. The molecule has 0 bridgehead atoms. The molecule has 4 atom stereocenters. The van der Waals surface area contributed by atoms with Crippen LogP contribution < -0.4 is 0 Å². The van der Waals surface area contributed by atoms with Crippen molar-refractivity contribution < 1.29 is 0 Å². The van der Waals surface area contributed by atoms with E-state index in [-0.39, 0.29) is 0 Å². The third-order valence-electron chi connectivity index (χ3n) is 4.25. The monoisotopic (exact) mass is 196 g/mol. The Kier molecular flexibility index (Phi) is 4.98. The van der Waals surface area contributed by atoms with E-state index in [0.717, 1.165) is 23.7 Å². The Morgan fingerprint density at radius 3 is 2.00 bits per heavy atom. The molecule has 1 aliphatic rings. The summed E-state index contributed by atoms with van der Waals surface area (Å²) in [5, 5.41) is 0. The van der Waals surface area contributed by atoms with Crippen molar-refractivity contribution in [2.75, 3.05) is 0 Å². The van der Waals surface area contributed by atoms with Crippen LogP contribution in [0, 0.1) is 23.7 Å². The van der Waals surface area contributed by atoms with E-state index in [4.69, 9.17) is 0 Å². The zero-order chi connectivity index (χ0) is 10.6. The minimum absolute atomic E-state index is 0.940. The fraction of sp³-hybridized carbons (Fsp3) is 1.00. The number of rotatable bonds is 0. The van der Waals surface area contributed by atoms with Gasteiger partial charge in [-0.25, -0.2) is 0 Å². The van der Waals surface area contributed by atoms with E-state index in [1.807, 2.05) is 0 Å². The van der Waals surface area contributed by atoms with Crippen LogP contribution in [0.15, 0.2) is 0 Å². The molecular formula is C14H28. The molecule has 0 aliphatic heterocycles. The molecule has 1 fully saturated rings. The van der Waals surface area contributed by atoms with Crippen LogP contribution in [0.25, 0.3) is 0 Å². The van der Waals surface area contributed by atoms with Crippen LogP contribution in [0.4, 0.5) is 0 Å². The molecule has 1 saturated carbocycles. The van der Waals surface area contributed by atoms with Crippen LogP contribution in [-0.2, 0) is 0 Å². The minimum atomic E-state index is 0.940.